The van der Waals surface area contributed by atoms with Crippen molar-refractivity contribution in [3.05, 3.63) is 42.4 Å². The van der Waals surface area contributed by atoms with Crippen LogP contribution >= 0.6 is 0 Å². The van der Waals surface area contributed by atoms with Gasteiger partial charge in [-0.2, -0.15) is 5.01 Å². The van der Waals surface area contributed by atoms with Crippen molar-refractivity contribution in [2.24, 2.45) is 16.1 Å². The van der Waals surface area contributed by atoms with Gasteiger partial charge in [-0.1, -0.05) is 23.4 Å². The molecule has 0 aliphatic heterocycles. The predicted octanol–water partition coefficient (Wildman–Crippen LogP) is 1.64. The van der Waals surface area contributed by atoms with Gasteiger partial charge in [-0.25, -0.2) is 9.78 Å². The van der Waals surface area contributed by atoms with Gasteiger partial charge in [0.25, 0.3) is 5.91 Å². The molecule has 0 aliphatic rings. The number of rotatable bonds is 4. The van der Waals surface area contributed by atoms with E-state index in [0.29, 0.717) is 5.75 Å². The summed E-state index contributed by atoms with van der Waals surface area (Å²) < 4.78 is 5.04. The van der Waals surface area contributed by atoms with Crippen LogP contribution in [0.3, 0.4) is 0 Å². The first-order valence-electron chi connectivity index (χ1n) is 5.83. The van der Waals surface area contributed by atoms with Crippen LogP contribution in [0.5, 0.6) is 5.75 Å². The fraction of sp³-hybridized carbons (Fsp3) is 0.0833. The minimum atomic E-state index is -0.750. The molecule has 0 saturated heterocycles. The average Bonchev–Trinajstić information content (AvgIpc) is 2.94. The highest BCUT2D eigenvalue weighted by Gasteiger charge is 2.13. The highest BCUT2D eigenvalue weighted by molar-refractivity contribution is 5.94. The van der Waals surface area contributed by atoms with Crippen LogP contribution < -0.4 is 10.5 Å². The summed E-state index contributed by atoms with van der Waals surface area (Å²) in [6.45, 7) is 0. The van der Waals surface area contributed by atoms with Gasteiger partial charge in [0.05, 0.1) is 6.33 Å². The van der Waals surface area contributed by atoms with E-state index >= 15 is 0 Å². The number of ether oxygens (including phenoxy) is 1. The number of nitrogens with two attached hydrogens (primary N) is 1. The lowest BCUT2D eigenvalue weighted by atomic mass is 10.3. The van der Waals surface area contributed by atoms with E-state index in [4.69, 9.17) is 10.5 Å². The Kier molecular flexibility index (Phi) is 4.24. The summed E-state index contributed by atoms with van der Waals surface area (Å²) in [5, 5.41) is 8.17. The number of amides is 2. The maximum absolute atomic E-state index is 11.7. The zero-order chi connectivity index (χ0) is 15.2. The molecule has 0 radical (unpaired) electrons. The number of nitrogens with zero attached hydrogens (tertiary/aromatic N) is 4. The van der Waals surface area contributed by atoms with Crippen LogP contribution in [-0.2, 0) is 0 Å². The normalized spacial score (nSPS) is 10.5. The quantitative estimate of drug-likeness (QED) is 0.654. The van der Waals surface area contributed by atoms with Gasteiger partial charge in [0.1, 0.15) is 5.75 Å². The van der Waals surface area contributed by atoms with Gasteiger partial charge >= 0.3 is 6.09 Å². The number of carbonyl (C=O) groups excluding carboxylic acids is 2. The number of hydrogen-bond donors (Lipinski definition) is 2. The second kappa shape index (κ2) is 6.28. The maximum atomic E-state index is 11.7. The lowest BCUT2D eigenvalue weighted by molar-refractivity contribution is 0.0996. The summed E-state index contributed by atoms with van der Waals surface area (Å²) in [5.74, 6) is -0.314. The number of H-pyrrole nitrogens is 1. The van der Waals surface area contributed by atoms with E-state index in [2.05, 4.69) is 20.3 Å². The molecule has 0 saturated carbocycles. The van der Waals surface area contributed by atoms with Crippen molar-refractivity contribution in [2.45, 2.75) is 0 Å². The smallest absolute Gasteiger partial charge is 0.409 e. The molecule has 0 unspecified atom stereocenters. The van der Waals surface area contributed by atoms with E-state index in [-0.39, 0.29) is 11.5 Å². The highest BCUT2D eigenvalue weighted by Crippen LogP contribution is 2.14. The molecule has 0 atom stereocenters. The third-order valence-electron chi connectivity index (χ3n) is 2.34. The van der Waals surface area contributed by atoms with Crippen molar-refractivity contribution >= 4 is 17.8 Å². The Morgan fingerprint density at radius 3 is 2.71 bits per heavy atom. The van der Waals surface area contributed by atoms with Gasteiger partial charge in [0.2, 0.25) is 0 Å². The molecule has 2 amide bonds. The standard InChI is InChI=1S/C12H12N6O3/c1-18(12(20)21-8-5-3-2-4-6-8)17-16-11-9(10(13)19)14-7-15-11/h2-7H,1H3,(H2,13,19)(H,14,15)/b17-16-. The Balaban J connectivity index is 2.02. The molecule has 9 nitrogen and oxygen atoms in total. The van der Waals surface area contributed by atoms with Gasteiger partial charge in [0.15, 0.2) is 11.5 Å². The lowest BCUT2D eigenvalue weighted by Crippen LogP contribution is -2.24. The first-order chi connectivity index (χ1) is 10.1. The molecule has 21 heavy (non-hydrogen) atoms. The molecular formula is C12H12N6O3. The topological polar surface area (TPSA) is 126 Å². The Bertz CT molecular complexity index is 667. The van der Waals surface area contributed by atoms with Gasteiger partial charge in [-0.15, -0.1) is 5.11 Å². The Labute approximate surface area is 119 Å². The number of primary amides is 1. The third kappa shape index (κ3) is 3.62. The molecule has 2 rings (SSSR count). The first-order valence-corrected chi connectivity index (χ1v) is 5.83. The van der Waals surface area contributed by atoms with E-state index in [1.807, 2.05) is 0 Å². The zero-order valence-corrected chi connectivity index (χ0v) is 11.1. The monoisotopic (exact) mass is 288 g/mol. The second-order valence-corrected chi connectivity index (χ2v) is 3.86. The van der Waals surface area contributed by atoms with Gasteiger partial charge in [-0.05, 0) is 12.1 Å². The minimum absolute atomic E-state index is 0.0573. The molecule has 0 fully saturated rings. The van der Waals surface area contributed by atoms with Crippen molar-refractivity contribution in [1.82, 2.24) is 15.0 Å². The fourth-order valence-corrected chi connectivity index (χ4v) is 1.35. The number of benzene rings is 1. The molecule has 0 bridgehead atoms. The Morgan fingerprint density at radius 1 is 1.33 bits per heavy atom. The van der Waals surface area contributed by atoms with Crippen LogP contribution in [0.15, 0.2) is 47.0 Å². The van der Waals surface area contributed by atoms with Gasteiger partial charge < -0.3 is 15.5 Å². The molecule has 2 aromatic rings. The van der Waals surface area contributed by atoms with Crippen molar-refractivity contribution in [2.75, 3.05) is 7.05 Å². The molecule has 0 spiro atoms. The molecule has 1 aromatic heterocycles. The summed E-state index contributed by atoms with van der Waals surface area (Å²) in [5.41, 5.74) is 5.03. The van der Waals surface area contributed by atoms with Crippen LogP contribution in [0.2, 0.25) is 0 Å². The summed E-state index contributed by atoms with van der Waals surface area (Å²) in [6, 6.07) is 8.51. The summed E-state index contributed by atoms with van der Waals surface area (Å²) in [4.78, 5) is 29.0. The number of carbonyl (C=O) groups is 2. The molecule has 3 N–H and O–H groups in total. The molecular weight excluding hydrogens is 276 g/mol. The largest absolute Gasteiger partial charge is 0.436 e. The van der Waals surface area contributed by atoms with Crippen molar-refractivity contribution in [3.63, 3.8) is 0 Å². The molecule has 0 aliphatic carbocycles. The number of nitrogens with one attached hydrogen (secondary N) is 1. The second-order valence-electron chi connectivity index (χ2n) is 3.86. The highest BCUT2D eigenvalue weighted by atomic mass is 16.6. The predicted molar refractivity (Wildman–Crippen MR) is 71.9 cm³/mol. The van der Waals surface area contributed by atoms with E-state index < -0.39 is 12.0 Å². The molecule has 1 heterocycles. The van der Waals surface area contributed by atoms with Crippen LogP contribution in [-0.4, -0.2) is 34.0 Å². The summed E-state index contributed by atoms with van der Waals surface area (Å²) in [6.07, 6.45) is 0.515. The average molecular weight is 288 g/mol. The van der Waals surface area contributed by atoms with Gasteiger partial charge in [-0.3, -0.25) is 4.79 Å². The summed E-state index contributed by atoms with van der Waals surface area (Å²) >= 11 is 0. The number of imidazole rings is 1. The SMILES string of the molecule is CN(/N=N\c1[nH]cnc1C(N)=O)C(=O)Oc1ccccc1. The molecule has 1 aromatic carbocycles. The lowest BCUT2D eigenvalue weighted by Gasteiger charge is -2.09. The van der Waals surface area contributed by atoms with Crippen molar-refractivity contribution in [3.8, 4) is 5.75 Å². The maximum Gasteiger partial charge on any atom is 0.436 e. The van der Waals surface area contributed by atoms with Crippen LogP contribution in [0, 0.1) is 0 Å². The van der Waals surface area contributed by atoms with Crippen molar-refractivity contribution in [1.29, 1.82) is 0 Å². The number of aromatic amines is 1. The fourth-order valence-electron chi connectivity index (χ4n) is 1.35. The Morgan fingerprint density at radius 2 is 2.05 bits per heavy atom. The van der Waals surface area contributed by atoms with E-state index in [0.717, 1.165) is 5.01 Å². The number of aromatic nitrogens is 2. The van der Waals surface area contributed by atoms with E-state index in [1.165, 1.54) is 13.4 Å². The van der Waals surface area contributed by atoms with Crippen LogP contribution in [0.25, 0.3) is 0 Å². The van der Waals surface area contributed by atoms with Crippen molar-refractivity contribution < 1.29 is 14.3 Å². The molecule has 9 heteroatoms. The third-order valence-corrected chi connectivity index (χ3v) is 2.34. The van der Waals surface area contributed by atoms with Gasteiger partial charge in [0, 0.05) is 7.05 Å². The van der Waals surface area contributed by atoms with Crippen LogP contribution in [0.4, 0.5) is 10.6 Å². The zero-order valence-electron chi connectivity index (χ0n) is 11.1. The number of hydrogen-bond acceptors (Lipinski definition) is 6. The van der Waals surface area contributed by atoms with Crippen LogP contribution in [0.1, 0.15) is 10.5 Å². The Hall–Kier alpha value is -3.23. The first kappa shape index (κ1) is 14.2. The van der Waals surface area contributed by atoms with E-state index in [1.54, 1.807) is 30.3 Å². The number of para-hydroxylation sites is 1. The van der Waals surface area contributed by atoms with E-state index in [9.17, 15) is 9.59 Å². The minimum Gasteiger partial charge on any atom is -0.409 e. The molecule has 108 valence electrons. The summed E-state index contributed by atoms with van der Waals surface area (Å²) in [7, 11) is 1.36.